The molecule has 0 aliphatic heterocycles. The van der Waals surface area contributed by atoms with E-state index in [0.717, 1.165) is 17.9 Å². The van der Waals surface area contributed by atoms with Gasteiger partial charge in [0.05, 0.1) is 5.52 Å². The van der Waals surface area contributed by atoms with Gasteiger partial charge in [-0.3, -0.25) is 0 Å². The Labute approximate surface area is 104 Å². The number of nitrogens with zero attached hydrogens (tertiary/aromatic N) is 1. The van der Waals surface area contributed by atoms with Crippen LogP contribution in [0.3, 0.4) is 0 Å². The van der Waals surface area contributed by atoms with Crippen LogP contribution < -0.4 is 0 Å². The molecule has 18 heavy (non-hydrogen) atoms. The van der Waals surface area contributed by atoms with Crippen molar-refractivity contribution in [3.05, 3.63) is 48.5 Å². The van der Waals surface area contributed by atoms with Crippen molar-refractivity contribution >= 4 is 10.9 Å². The zero-order valence-electron chi connectivity index (χ0n) is 9.80. The molecule has 0 amide bonds. The number of fused-ring (bicyclic) bond motifs is 1. The number of halogens is 3. The third-order valence-corrected chi connectivity index (χ3v) is 2.79. The smallest absolute Gasteiger partial charge is 0.243 e. The van der Waals surface area contributed by atoms with Gasteiger partial charge in [0.25, 0.3) is 0 Å². The summed E-state index contributed by atoms with van der Waals surface area (Å²) in [5, 5.41) is 0.791. The summed E-state index contributed by atoms with van der Waals surface area (Å²) >= 11 is 0. The van der Waals surface area contributed by atoms with Gasteiger partial charge in [0.15, 0.2) is 0 Å². The van der Waals surface area contributed by atoms with E-state index in [2.05, 4.69) is 11.9 Å². The Morgan fingerprint density at radius 2 is 1.89 bits per heavy atom. The maximum atomic E-state index is 12.7. The van der Waals surface area contributed by atoms with Crippen LogP contribution >= 0.6 is 0 Å². The van der Waals surface area contributed by atoms with Crippen LogP contribution in [0.1, 0.15) is 24.1 Å². The molecule has 0 saturated heterocycles. The maximum absolute atomic E-state index is 12.7. The number of unbranched alkanes of at least 4 members (excludes halogenated alkanes) is 1. The monoisotopic (exact) mass is 252 g/mol. The lowest BCUT2D eigenvalue weighted by atomic mass is 10.0. The summed E-state index contributed by atoms with van der Waals surface area (Å²) in [5.41, 5.74) is 0.267. The van der Waals surface area contributed by atoms with Gasteiger partial charge < -0.3 is 0 Å². The number of para-hydroxylation sites is 1. The Kier molecular flexibility index (Phi) is 3.55. The highest BCUT2D eigenvalue weighted by Crippen LogP contribution is 2.31. The summed E-state index contributed by atoms with van der Waals surface area (Å²) in [5.74, 6) is 0. The first-order chi connectivity index (χ1) is 8.52. The van der Waals surface area contributed by atoms with E-state index < -0.39 is 11.9 Å². The molecule has 1 aromatic heterocycles. The van der Waals surface area contributed by atoms with E-state index in [-0.39, 0.29) is 0 Å². The molecule has 1 radical (unpaired) electrons. The van der Waals surface area contributed by atoms with Crippen LogP contribution in [0.25, 0.3) is 10.9 Å². The number of alkyl halides is 3. The summed E-state index contributed by atoms with van der Waals surface area (Å²) in [6.07, 6.45) is -2.33. The Morgan fingerprint density at radius 3 is 2.56 bits per heavy atom. The lowest BCUT2D eigenvalue weighted by Crippen LogP contribution is -2.09. The fraction of sp³-hybridized carbons (Fsp3) is 0.286. The van der Waals surface area contributed by atoms with E-state index in [1.54, 1.807) is 18.2 Å². The third-order valence-electron chi connectivity index (χ3n) is 2.79. The highest BCUT2D eigenvalue weighted by Gasteiger charge is 2.33. The molecule has 1 heterocycles. The highest BCUT2D eigenvalue weighted by atomic mass is 19.4. The van der Waals surface area contributed by atoms with Gasteiger partial charge in [-0.1, -0.05) is 31.5 Å². The summed E-state index contributed by atoms with van der Waals surface area (Å²) in [6, 6.07) is 8.07. The molecule has 0 aliphatic carbocycles. The van der Waals surface area contributed by atoms with E-state index in [9.17, 15) is 13.2 Å². The van der Waals surface area contributed by atoms with Crippen molar-refractivity contribution in [3.63, 3.8) is 0 Å². The van der Waals surface area contributed by atoms with Crippen molar-refractivity contribution in [1.82, 2.24) is 4.98 Å². The number of aryl methyl sites for hydroxylation is 1. The molecule has 95 valence electrons. The van der Waals surface area contributed by atoms with Gasteiger partial charge in [0.1, 0.15) is 5.69 Å². The van der Waals surface area contributed by atoms with Crippen molar-refractivity contribution in [2.75, 3.05) is 0 Å². The molecular weight excluding hydrogens is 239 g/mol. The normalized spacial score (nSPS) is 12.0. The molecule has 0 unspecified atom stereocenters. The first kappa shape index (κ1) is 12.9. The van der Waals surface area contributed by atoms with Crippen molar-refractivity contribution in [1.29, 1.82) is 0 Å². The summed E-state index contributed by atoms with van der Waals surface area (Å²) in [4.78, 5) is 3.67. The number of hydrogen-bond donors (Lipinski definition) is 0. The Balaban J connectivity index is 2.57. The summed E-state index contributed by atoms with van der Waals surface area (Å²) < 4.78 is 38.2. The molecule has 0 saturated carbocycles. The fourth-order valence-electron chi connectivity index (χ4n) is 1.92. The van der Waals surface area contributed by atoms with Crippen LogP contribution in [-0.4, -0.2) is 4.98 Å². The molecule has 0 spiro atoms. The van der Waals surface area contributed by atoms with Gasteiger partial charge in [-0.2, -0.15) is 13.2 Å². The third kappa shape index (κ3) is 2.63. The number of benzene rings is 1. The lowest BCUT2D eigenvalue weighted by molar-refractivity contribution is -0.141. The number of pyridine rings is 1. The maximum Gasteiger partial charge on any atom is 0.433 e. The molecule has 2 aromatic rings. The standard InChI is InChI=1S/C14H13F3N/c1-2-3-6-10-9-13(14(15,16)17)18-12-8-5-4-7-11(10)12/h4-5,7-9H,1-3,6H2. The second-order valence-electron chi connectivity index (χ2n) is 4.14. The molecule has 0 bridgehead atoms. The van der Waals surface area contributed by atoms with Gasteiger partial charge in [0.2, 0.25) is 0 Å². The number of aromatic nitrogens is 1. The van der Waals surface area contributed by atoms with Crippen LogP contribution in [0.2, 0.25) is 0 Å². The van der Waals surface area contributed by atoms with Crippen LogP contribution in [0, 0.1) is 6.92 Å². The van der Waals surface area contributed by atoms with Gasteiger partial charge >= 0.3 is 6.18 Å². The summed E-state index contributed by atoms with van der Waals surface area (Å²) in [7, 11) is 0. The quantitative estimate of drug-likeness (QED) is 0.788. The average Bonchev–Trinajstić information content (AvgIpc) is 2.34. The van der Waals surface area contributed by atoms with Crippen LogP contribution in [0.5, 0.6) is 0 Å². The van der Waals surface area contributed by atoms with Crippen LogP contribution in [-0.2, 0) is 12.6 Å². The van der Waals surface area contributed by atoms with E-state index >= 15 is 0 Å². The molecule has 1 aromatic carbocycles. The first-order valence-electron chi connectivity index (χ1n) is 5.77. The number of hydrogen-bond acceptors (Lipinski definition) is 1. The topological polar surface area (TPSA) is 12.9 Å². The Hall–Kier alpha value is -1.58. The SMILES string of the molecule is [CH2]CCCc1cc(C(F)(F)F)nc2ccccc12. The highest BCUT2D eigenvalue weighted by molar-refractivity contribution is 5.82. The van der Waals surface area contributed by atoms with Crippen molar-refractivity contribution < 1.29 is 13.2 Å². The second-order valence-corrected chi connectivity index (χ2v) is 4.14. The van der Waals surface area contributed by atoms with E-state index in [0.29, 0.717) is 23.9 Å². The van der Waals surface area contributed by atoms with Crippen molar-refractivity contribution in [2.24, 2.45) is 0 Å². The van der Waals surface area contributed by atoms with Crippen LogP contribution in [0.15, 0.2) is 30.3 Å². The minimum Gasteiger partial charge on any atom is -0.243 e. The molecule has 0 atom stereocenters. The molecule has 0 fully saturated rings. The number of rotatable bonds is 3. The average molecular weight is 252 g/mol. The zero-order valence-corrected chi connectivity index (χ0v) is 9.80. The van der Waals surface area contributed by atoms with Gasteiger partial charge in [-0.15, -0.1) is 0 Å². The lowest BCUT2D eigenvalue weighted by Gasteiger charge is -2.11. The minimum absolute atomic E-state index is 0.395. The molecule has 4 heteroatoms. The Morgan fingerprint density at radius 1 is 1.17 bits per heavy atom. The Bertz CT molecular complexity index is 546. The van der Waals surface area contributed by atoms with E-state index in [4.69, 9.17) is 0 Å². The van der Waals surface area contributed by atoms with E-state index in [1.165, 1.54) is 0 Å². The minimum atomic E-state index is -4.40. The van der Waals surface area contributed by atoms with Crippen molar-refractivity contribution in [3.8, 4) is 0 Å². The molecular formula is C14H13F3N. The largest absolute Gasteiger partial charge is 0.433 e. The first-order valence-corrected chi connectivity index (χ1v) is 5.77. The van der Waals surface area contributed by atoms with Gasteiger partial charge in [-0.25, -0.2) is 4.98 Å². The zero-order chi connectivity index (χ0) is 13.2. The molecule has 2 rings (SSSR count). The fourth-order valence-corrected chi connectivity index (χ4v) is 1.92. The molecule has 0 N–H and O–H groups in total. The van der Waals surface area contributed by atoms with Gasteiger partial charge in [-0.05, 0) is 30.5 Å². The molecule has 0 aliphatic rings. The van der Waals surface area contributed by atoms with Crippen LogP contribution in [0.4, 0.5) is 13.2 Å². The van der Waals surface area contributed by atoms with E-state index in [1.807, 2.05) is 6.07 Å². The summed E-state index contributed by atoms with van der Waals surface area (Å²) in [6.45, 7) is 3.71. The predicted octanol–water partition coefficient (Wildman–Crippen LogP) is 4.41. The van der Waals surface area contributed by atoms with Crippen molar-refractivity contribution in [2.45, 2.75) is 25.4 Å². The van der Waals surface area contributed by atoms with Gasteiger partial charge in [0, 0.05) is 5.39 Å². The molecule has 1 nitrogen and oxygen atoms in total. The predicted molar refractivity (Wildman–Crippen MR) is 65.0 cm³/mol. The second kappa shape index (κ2) is 4.96.